The lowest BCUT2D eigenvalue weighted by atomic mass is 10.3. The van der Waals surface area contributed by atoms with E-state index in [4.69, 9.17) is 9.47 Å². The molecule has 106 valence electrons. The van der Waals surface area contributed by atoms with E-state index in [1.807, 2.05) is 4.90 Å². The maximum atomic E-state index is 12.0. The summed E-state index contributed by atoms with van der Waals surface area (Å²) >= 11 is 1.71. The number of rotatable bonds is 6. The average molecular weight is 284 g/mol. The summed E-state index contributed by atoms with van der Waals surface area (Å²) in [7, 11) is 3.28. The Balaban J connectivity index is 2.09. The molecule has 1 amide bonds. The molecule has 0 radical (unpaired) electrons. The highest BCUT2D eigenvalue weighted by Crippen LogP contribution is 2.28. The fourth-order valence-electron chi connectivity index (χ4n) is 2.20. The van der Waals surface area contributed by atoms with Gasteiger partial charge in [-0.25, -0.2) is 0 Å². The molecule has 2 unspecified atom stereocenters. The number of methoxy groups -OCH3 is 2. The fourth-order valence-corrected chi connectivity index (χ4v) is 3.17. The molecule has 1 aliphatic rings. The van der Waals surface area contributed by atoms with E-state index in [1.54, 1.807) is 25.6 Å². The van der Waals surface area contributed by atoms with Crippen molar-refractivity contribution in [3.63, 3.8) is 0 Å². The smallest absolute Gasteiger partial charge is 0.238 e. The van der Waals surface area contributed by atoms with Crippen LogP contribution >= 0.6 is 11.3 Å². The van der Waals surface area contributed by atoms with Gasteiger partial charge in [-0.05, 0) is 19.1 Å². The van der Waals surface area contributed by atoms with Gasteiger partial charge in [0.15, 0.2) is 0 Å². The molecule has 5 nitrogen and oxygen atoms in total. The summed E-state index contributed by atoms with van der Waals surface area (Å²) in [5.74, 6) is 0.106. The predicted octanol–water partition coefficient (Wildman–Crippen LogP) is 1.15. The Kier molecular flexibility index (Phi) is 4.93. The van der Waals surface area contributed by atoms with E-state index >= 15 is 0 Å². The highest BCUT2D eigenvalue weighted by Gasteiger charge is 2.33. The second-order valence-electron chi connectivity index (χ2n) is 4.59. The van der Waals surface area contributed by atoms with E-state index in [-0.39, 0.29) is 18.2 Å². The number of amides is 1. The molecule has 1 saturated heterocycles. The van der Waals surface area contributed by atoms with Crippen molar-refractivity contribution in [1.82, 2.24) is 10.2 Å². The first-order chi connectivity index (χ1) is 9.15. The molecule has 2 rings (SSSR count). The fraction of sp³-hybridized carbons (Fsp3) is 0.615. The third kappa shape index (κ3) is 3.33. The van der Waals surface area contributed by atoms with Crippen LogP contribution in [0.1, 0.15) is 15.9 Å². The van der Waals surface area contributed by atoms with Crippen LogP contribution in [0.5, 0.6) is 0 Å². The van der Waals surface area contributed by atoms with Gasteiger partial charge < -0.3 is 14.4 Å². The Labute approximate surface area is 117 Å². The third-order valence-electron chi connectivity index (χ3n) is 3.20. The highest BCUT2D eigenvalue weighted by molar-refractivity contribution is 7.12. The summed E-state index contributed by atoms with van der Waals surface area (Å²) in [6, 6.07) is 4.15. The van der Waals surface area contributed by atoms with Gasteiger partial charge in [0.25, 0.3) is 0 Å². The van der Waals surface area contributed by atoms with Gasteiger partial charge in [0.05, 0.1) is 25.8 Å². The number of nitrogens with one attached hydrogen (secondary N) is 1. The number of aryl methyl sites for hydroxylation is 1. The van der Waals surface area contributed by atoms with Crippen LogP contribution in [0, 0.1) is 6.92 Å². The lowest BCUT2D eigenvalue weighted by Gasteiger charge is -2.27. The zero-order valence-electron chi connectivity index (χ0n) is 11.5. The van der Waals surface area contributed by atoms with Crippen LogP contribution in [-0.4, -0.2) is 50.8 Å². The zero-order valence-corrected chi connectivity index (χ0v) is 12.3. The average Bonchev–Trinajstić information content (AvgIpc) is 2.96. The first kappa shape index (κ1) is 14.5. The van der Waals surface area contributed by atoms with E-state index in [0.717, 1.165) is 4.88 Å². The first-order valence-electron chi connectivity index (χ1n) is 6.26. The highest BCUT2D eigenvalue weighted by atomic mass is 32.1. The molecule has 0 aromatic carbocycles. The Morgan fingerprint density at radius 3 is 2.89 bits per heavy atom. The Bertz CT molecular complexity index is 435. The van der Waals surface area contributed by atoms with Crippen molar-refractivity contribution in [3.8, 4) is 0 Å². The van der Waals surface area contributed by atoms with Crippen LogP contribution in [0.25, 0.3) is 0 Å². The monoisotopic (exact) mass is 284 g/mol. The first-order valence-corrected chi connectivity index (χ1v) is 7.08. The van der Waals surface area contributed by atoms with Crippen LogP contribution in [0.3, 0.4) is 0 Å². The second-order valence-corrected chi connectivity index (χ2v) is 5.91. The summed E-state index contributed by atoms with van der Waals surface area (Å²) in [5, 5.41) is 3.25. The van der Waals surface area contributed by atoms with Gasteiger partial charge in [-0.15, -0.1) is 11.3 Å². The maximum Gasteiger partial charge on any atom is 0.238 e. The minimum atomic E-state index is -0.0996. The van der Waals surface area contributed by atoms with Crippen molar-refractivity contribution in [3.05, 3.63) is 21.9 Å². The Morgan fingerprint density at radius 2 is 2.32 bits per heavy atom. The molecule has 6 heteroatoms. The van der Waals surface area contributed by atoms with Crippen molar-refractivity contribution in [1.29, 1.82) is 0 Å². The summed E-state index contributed by atoms with van der Waals surface area (Å²) in [4.78, 5) is 16.2. The molecule has 0 spiro atoms. The van der Waals surface area contributed by atoms with E-state index in [1.165, 1.54) is 4.88 Å². The standard InChI is InChI=1S/C13H20N2O3S/c1-9-4-5-11(19-9)13-14-6-12(16)15(13)7-10(18-3)8-17-2/h4-5,10,13-14H,6-8H2,1-3H3. The Morgan fingerprint density at radius 1 is 1.53 bits per heavy atom. The molecule has 0 bridgehead atoms. The van der Waals surface area contributed by atoms with Gasteiger partial charge in [-0.1, -0.05) is 0 Å². The van der Waals surface area contributed by atoms with Crippen LogP contribution < -0.4 is 5.32 Å². The number of thiophene rings is 1. The molecule has 2 heterocycles. The van der Waals surface area contributed by atoms with Crippen molar-refractivity contribution >= 4 is 17.2 Å². The van der Waals surface area contributed by atoms with Gasteiger partial charge in [-0.2, -0.15) is 0 Å². The summed E-state index contributed by atoms with van der Waals surface area (Å²) < 4.78 is 10.5. The number of hydrogen-bond acceptors (Lipinski definition) is 5. The van der Waals surface area contributed by atoms with Gasteiger partial charge >= 0.3 is 0 Å². The number of hydrogen-bond donors (Lipinski definition) is 1. The molecule has 1 N–H and O–H groups in total. The topological polar surface area (TPSA) is 50.8 Å². The van der Waals surface area contributed by atoms with Gasteiger partial charge in [0.1, 0.15) is 6.17 Å². The third-order valence-corrected chi connectivity index (χ3v) is 4.25. The van der Waals surface area contributed by atoms with Crippen LogP contribution in [0.15, 0.2) is 12.1 Å². The molecule has 1 aromatic heterocycles. The quantitative estimate of drug-likeness (QED) is 0.851. The van der Waals surface area contributed by atoms with Crippen molar-refractivity contribution in [2.45, 2.75) is 19.2 Å². The van der Waals surface area contributed by atoms with Gasteiger partial charge in [0, 0.05) is 24.0 Å². The van der Waals surface area contributed by atoms with Crippen LogP contribution in [0.2, 0.25) is 0 Å². The zero-order chi connectivity index (χ0) is 13.8. The largest absolute Gasteiger partial charge is 0.382 e. The molecule has 0 aliphatic carbocycles. The number of ether oxygens (including phenoxy) is 2. The second kappa shape index (κ2) is 6.47. The maximum absolute atomic E-state index is 12.0. The number of carbonyl (C=O) groups is 1. The molecule has 0 saturated carbocycles. The van der Waals surface area contributed by atoms with Crippen molar-refractivity contribution in [2.24, 2.45) is 0 Å². The molecule has 19 heavy (non-hydrogen) atoms. The van der Waals surface area contributed by atoms with E-state index in [0.29, 0.717) is 19.7 Å². The lowest BCUT2D eigenvalue weighted by molar-refractivity contribution is -0.130. The number of carbonyl (C=O) groups excluding carboxylic acids is 1. The molecule has 1 aliphatic heterocycles. The molecule has 1 aromatic rings. The predicted molar refractivity (Wildman–Crippen MR) is 74.2 cm³/mol. The SMILES string of the molecule is COCC(CN1C(=O)CNC1c1ccc(C)s1)OC. The van der Waals surface area contributed by atoms with Crippen LogP contribution in [0.4, 0.5) is 0 Å². The van der Waals surface area contributed by atoms with Gasteiger partial charge in [-0.3, -0.25) is 10.1 Å². The minimum Gasteiger partial charge on any atom is -0.382 e. The summed E-state index contributed by atoms with van der Waals surface area (Å²) in [5.41, 5.74) is 0. The molecular formula is C13H20N2O3S. The normalized spacial score (nSPS) is 21.1. The summed E-state index contributed by atoms with van der Waals surface area (Å²) in [6.07, 6.45) is -0.141. The molecule has 1 fully saturated rings. The minimum absolute atomic E-state index is 0.0410. The van der Waals surface area contributed by atoms with Gasteiger partial charge in [0.2, 0.25) is 5.91 Å². The van der Waals surface area contributed by atoms with E-state index in [9.17, 15) is 4.79 Å². The lowest BCUT2D eigenvalue weighted by Crippen LogP contribution is -2.39. The van der Waals surface area contributed by atoms with Crippen LogP contribution in [-0.2, 0) is 14.3 Å². The number of nitrogens with zero attached hydrogens (tertiary/aromatic N) is 1. The van der Waals surface area contributed by atoms with Crippen molar-refractivity contribution in [2.75, 3.05) is 33.9 Å². The van der Waals surface area contributed by atoms with Crippen molar-refractivity contribution < 1.29 is 14.3 Å². The summed E-state index contributed by atoms with van der Waals surface area (Å²) in [6.45, 7) is 3.47. The van der Waals surface area contributed by atoms with E-state index < -0.39 is 0 Å². The Hall–Kier alpha value is -0.950. The van der Waals surface area contributed by atoms with E-state index in [2.05, 4.69) is 24.4 Å². The molecule has 2 atom stereocenters. The molecular weight excluding hydrogens is 264 g/mol.